The van der Waals surface area contributed by atoms with E-state index >= 15 is 0 Å². The number of carbonyl (C=O) groups excluding carboxylic acids is 1. The molecule has 2 amide bonds. The zero-order chi connectivity index (χ0) is 24.9. The molecule has 1 aromatic carbocycles. The molecular weight excluding hydrogens is 464 g/mol. The summed E-state index contributed by atoms with van der Waals surface area (Å²) in [5.41, 5.74) is 8.52. The SMILES string of the molecule is Cn1cnc2ccc(Nc3ccnc4[nH]c(C5=CCN(C(=O)N6CCN7CCC=C7C6)CC5)cc34)cc21. The fraction of sp³-hybridized carbons (Fsp3) is 0.321. The Balaban J connectivity index is 1.08. The normalized spacial score (nSPS) is 17.8. The number of urea groups is 1. The van der Waals surface area contributed by atoms with Crippen molar-refractivity contribution in [3.8, 4) is 0 Å². The summed E-state index contributed by atoms with van der Waals surface area (Å²) in [7, 11) is 2.00. The van der Waals surface area contributed by atoms with Crippen molar-refractivity contribution >= 4 is 45.0 Å². The molecule has 3 aliphatic heterocycles. The number of benzene rings is 1. The summed E-state index contributed by atoms with van der Waals surface area (Å²) in [6.45, 7) is 4.95. The minimum atomic E-state index is 0.151. The number of amides is 2. The third-order valence-corrected chi connectivity index (χ3v) is 7.81. The molecule has 9 heteroatoms. The molecule has 7 rings (SSSR count). The van der Waals surface area contributed by atoms with E-state index in [0.717, 1.165) is 84.7 Å². The Morgan fingerprint density at radius 1 is 1.03 bits per heavy atom. The number of nitrogens with zero attached hydrogens (tertiary/aromatic N) is 6. The standard InChI is InChI=1S/C28H30N8O/c1-33-18-30-24-5-4-20(15-26(24)33)31-23-6-9-29-27-22(23)16-25(32-27)19-7-11-35(12-8-19)28(37)36-14-13-34-10-2-3-21(34)17-36/h3-7,9,15-16,18H,2,8,10-14,17H2,1H3,(H2,29,31,32). The van der Waals surface area contributed by atoms with Gasteiger partial charge in [-0.3, -0.25) is 0 Å². The number of aromatic amines is 1. The van der Waals surface area contributed by atoms with Gasteiger partial charge < -0.3 is 29.6 Å². The molecule has 3 aromatic heterocycles. The number of pyridine rings is 1. The van der Waals surface area contributed by atoms with Gasteiger partial charge in [-0.1, -0.05) is 12.2 Å². The predicted molar refractivity (Wildman–Crippen MR) is 145 cm³/mol. The monoisotopic (exact) mass is 494 g/mol. The number of carbonyl (C=O) groups is 1. The fourth-order valence-electron chi connectivity index (χ4n) is 5.71. The summed E-state index contributed by atoms with van der Waals surface area (Å²) in [6, 6.07) is 10.5. The highest BCUT2D eigenvalue weighted by molar-refractivity contribution is 5.95. The minimum Gasteiger partial charge on any atom is -0.372 e. The number of hydrogen-bond acceptors (Lipinski definition) is 5. The second kappa shape index (κ2) is 8.69. The summed E-state index contributed by atoms with van der Waals surface area (Å²) < 4.78 is 2.02. The Morgan fingerprint density at radius 3 is 2.86 bits per heavy atom. The zero-order valence-electron chi connectivity index (χ0n) is 20.9. The van der Waals surface area contributed by atoms with Crippen molar-refractivity contribution in [1.82, 2.24) is 34.2 Å². The number of aryl methyl sites for hydroxylation is 1. The van der Waals surface area contributed by atoms with Crippen molar-refractivity contribution in [2.24, 2.45) is 7.05 Å². The molecule has 0 saturated carbocycles. The van der Waals surface area contributed by atoms with E-state index in [1.165, 1.54) is 11.3 Å². The Morgan fingerprint density at radius 2 is 1.97 bits per heavy atom. The van der Waals surface area contributed by atoms with Crippen molar-refractivity contribution in [3.63, 3.8) is 0 Å². The molecule has 188 valence electrons. The van der Waals surface area contributed by atoms with Gasteiger partial charge >= 0.3 is 6.03 Å². The van der Waals surface area contributed by atoms with E-state index in [1.807, 2.05) is 52.1 Å². The third kappa shape index (κ3) is 3.91. The summed E-state index contributed by atoms with van der Waals surface area (Å²) >= 11 is 0. The number of hydrogen-bond donors (Lipinski definition) is 2. The molecule has 0 radical (unpaired) electrons. The van der Waals surface area contributed by atoms with Crippen LogP contribution in [0.15, 0.2) is 60.7 Å². The number of fused-ring (bicyclic) bond motifs is 3. The maximum Gasteiger partial charge on any atom is 0.320 e. The fourth-order valence-corrected chi connectivity index (χ4v) is 5.71. The molecule has 0 unspecified atom stereocenters. The summed E-state index contributed by atoms with van der Waals surface area (Å²) in [6.07, 6.45) is 10.0. The number of piperazine rings is 1. The van der Waals surface area contributed by atoms with Crippen LogP contribution >= 0.6 is 0 Å². The van der Waals surface area contributed by atoms with Crippen molar-refractivity contribution in [2.75, 3.05) is 44.6 Å². The van der Waals surface area contributed by atoms with E-state index in [2.05, 4.69) is 49.5 Å². The molecule has 4 aromatic rings. The topological polar surface area (TPSA) is 85.3 Å². The van der Waals surface area contributed by atoms with Crippen LogP contribution in [0, 0.1) is 0 Å². The van der Waals surface area contributed by atoms with Gasteiger partial charge in [0.1, 0.15) is 5.65 Å². The highest BCUT2D eigenvalue weighted by atomic mass is 16.2. The maximum atomic E-state index is 13.2. The zero-order valence-corrected chi connectivity index (χ0v) is 20.9. The molecule has 1 fully saturated rings. The minimum absolute atomic E-state index is 0.151. The van der Waals surface area contributed by atoms with Gasteiger partial charge in [0.25, 0.3) is 0 Å². The Labute approximate surface area is 215 Å². The van der Waals surface area contributed by atoms with Crippen molar-refractivity contribution in [1.29, 1.82) is 0 Å². The van der Waals surface area contributed by atoms with Gasteiger partial charge in [-0.2, -0.15) is 0 Å². The number of aromatic nitrogens is 4. The lowest BCUT2D eigenvalue weighted by atomic mass is 10.0. The lowest BCUT2D eigenvalue weighted by Crippen LogP contribution is -2.51. The molecule has 9 nitrogen and oxygen atoms in total. The van der Waals surface area contributed by atoms with Crippen LogP contribution in [0.5, 0.6) is 0 Å². The highest BCUT2D eigenvalue weighted by Gasteiger charge is 2.30. The van der Waals surface area contributed by atoms with Gasteiger partial charge in [-0.25, -0.2) is 14.8 Å². The van der Waals surface area contributed by atoms with Gasteiger partial charge in [-0.15, -0.1) is 0 Å². The van der Waals surface area contributed by atoms with Gasteiger partial charge in [0.2, 0.25) is 0 Å². The largest absolute Gasteiger partial charge is 0.372 e. The molecule has 3 aliphatic rings. The van der Waals surface area contributed by atoms with E-state index in [1.54, 1.807) is 0 Å². The molecule has 2 N–H and O–H groups in total. The highest BCUT2D eigenvalue weighted by Crippen LogP contribution is 2.31. The van der Waals surface area contributed by atoms with E-state index in [9.17, 15) is 4.79 Å². The number of anilines is 2. The lowest BCUT2D eigenvalue weighted by molar-refractivity contribution is 0.139. The molecule has 0 spiro atoms. The van der Waals surface area contributed by atoms with Gasteiger partial charge in [0.05, 0.1) is 29.6 Å². The van der Waals surface area contributed by atoms with Crippen LogP contribution in [0.25, 0.3) is 27.6 Å². The molecule has 6 heterocycles. The lowest BCUT2D eigenvalue weighted by Gasteiger charge is -2.38. The first-order chi connectivity index (χ1) is 18.1. The molecule has 0 bridgehead atoms. The van der Waals surface area contributed by atoms with Crippen LogP contribution < -0.4 is 5.32 Å². The van der Waals surface area contributed by atoms with Crippen LogP contribution in [0.2, 0.25) is 0 Å². The average molecular weight is 495 g/mol. The van der Waals surface area contributed by atoms with Gasteiger partial charge in [0.15, 0.2) is 0 Å². The quantitative estimate of drug-likeness (QED) is 0.443. The number of H-pyrrole nitrogens is 1. The smallest absolute Gasteiger partial charge is 0.320 e. The van der Waals surface area contributed by atoms with Crippen molar-refractivity contribution < 1.29 is 4.79 Å². The van der Waals surface area contributed by atoms with Crippen molar-refractivity contribution in [2.45, 2.75) is 12.8 Å². The molecular formula is C28H30N8O. The van der Waals surface area contributed by atoms with Crippen LogP contribution in [0.4, 0.5) is 16.2 Å². The molecule has 0 aliphatic carbocycles. The third-order valence-electron chi connectivity index (χ3n) is 7.81. The predicted octanol–water partition coefficient (Wildman–Crippen LogP) is 4.31. The van der Waals surface area contributed by atoms with E-state index in [-0.39, 0.29) is 6.03 Å². The van der Waals surface area contributed by atoms with Crippen molar-refractivity contribution in [3.05, 3.63) is 66.4 Å². The summed E-state index contributed by atoms with van der Waals surface area (Å²) in [4.78, 5) is 32.0. The molecule has 0 atom stereocenters. The first-order valence-corrected chi connectivity index (χ1v) is 13.0. The van der Waals surface area contributed by atoms with Crippen LogP contribution in [0.3, 0.4) is 0 Å². The van der Waals surface area contributed by atoms with E-state index in [0.29, 0.717) is 6.54 Å². The summed E-state index contributed by atoms with van der Waals surface area (Å²) in [5.74, 6) is 0. The second-order valence-electron chi connectivity index (χ2n) is 10.1. The van der Waals surface area contributed by atoms with Crippen LogP contribution in [0.1, 0.15) is 18.5 Å². The number of nitrogens with one attached hydrogen (secondary N) is 2. The van der Waals surface area contributed by atoms with Crippen LogP contribution in [-0.2, 0) is 7.05 Å². The Bertz CT molecular complexity index is 1580. The molecule has 1 saturated heterocycles. The Kier molecular flexibility index (Phi) is 5.16. The van der Waals surface area contributed by atoms with Gasteiger partial charge in [0, 0.05) is 68.4 Å². The van der Waals surface area contributed by atoms with E-state index < -0.39 is 0 Å². The first kappa shape index (κ1) is 22.0. The van der Waals surface area contributed by atoms with Crippen LogP contribution in [-0.4, -0.2) is 79.5 Å². The second-order valence-corrected chi connectivity index (χ2v) is 10.1. The van der Waals surface area contributed by atoms with Gasteiger partial charge in [-0.05, 0) is 48.7 Å². The van der Waals surface area contributed by atoms with E-state index in [4.69, 9.17) is 0 Å². The summed E-state index contributed by atoms with van der Waals surface area (Å²) in [5, 5.41) is 4.61. The number of imidazole rings is 1. The first-order valence-electron chi connectivity index (χ1n) is 13.0. The molecule has 37 heavy (non-hydrogen) atoms. The number of rotatable bonds is 3. The average Bonchev–Trinajstić information content (AvgIpc) is 3.67. The maximum absolute atomic E-state index is 13.2. The Hall–Kier alpha value is -4.27.